The molecule has 0 unspecified atom stereocenters. The molecule has 3 rings (SSSR count). The zero-order valence-electron chi connectivity index (χ0n) is 16.0. The fourth-order valence-electron chi connectivity index (χ4n) is 2.74. The highest BCUT2D eigenvalue weighted by atomic mass is 32.1. The number of ether oxygens (including phenoxy) is 2. The van der Waals surface area contributed by atoms with E-state index >= 15 is 0 Å². The SMILES string of the molecule is CCOc1ccccc1NC(=O)COC(=O)c1c(-n2cccc2)sc(C)c1C. The van der Waals surface area contributed by atoms with Crippen LogP contribution in [-0.4, -0.2) is 29.7 Å². The highest BCUT2D eigenvalue weighted by molar-refractivity contribution is 7.15. The molecule has 1 aromatic carbocycles. The predicted octanol–water partition coefficient (Wildman–Crippen LogP) is 4.35. The van der Waals surface area contributed by atoms with E-state index in [1.54, 1.807) is 18.2 Å². The van der Waals surface area contributed by atoms with Gasteiger partial charge in [0, 0.05) is 17.3 Å². The summed E-state index contributed by atoms with van der Waals surface area (Å²) in [5.41, 5.74) is 1.89. The van der Waals surface area contributed by atoms with Crippen LogP contribution in [0.2, 0.25) is 0 Å². The molecule has 0 spiro atoms. The van der Waals surface area contributed by atoms with Crippen LogP contribution in [0.5, 0.6) is 5.75 Å². The van der Waals surface area contributed by atoms with Gasteiger partial charge < -0.3 is 19.4 Å². The fraction of sp³-hybridized carbons (Fsp3) is 0.238. The van der Waals surface area contributed by atoms with E-state index in [0.717, 1.165) is 15.4 Å². The maximum atomic E-state index is 12.7. The molecule has 2 aromatic heterocycles. The lowest BCUT2D eigenvalue weighted by atomic mass is 10.1. The molecule has 0 saturated heterocycles. The molecule has 0 aliphatic rings. The summed E-state index contributed by atoms with van der Waals surface area (Å²) in [4.78, 5) is 26.0. The van der Waals surface area contributed by atoms with Crippen LogP contribution in [0.4, 0.5) is 5.69 Å². The van der Waals surface area contributed by atoms with Gasteiger partial charge >= 0.3 is 5.97 Å². The molecule has 0 atom stereocenters. The molecular formula is C21H22N2O4S. The van der Waals surface area contributed by atoms with Crippen molar-refractivity contribution in [3.63, 3.8) is 0 Å². The van der Waals surface area contributed by atoms with Crippen LogP contribution < -0.4 is 10.1 Å². The number of esters is 1. The van der Waals surface area contributed by atoms with Crippen LogP contribution in [0.1, 0.15) is 27.7 Å². The quantitative estimate of drug-likeness (QED) is 0.601. The third kappa shape index (κ3) is 4.26. The Labute approximate surface area is 167 Å². The van der Waals surface area contributed by atoms with Gasteiger partial charge in [-0.2, -0.15) is 0 Å². The molecule has 0 aliphatic carbocycles. The second-order valence-corrected chi connectivity index (χ2v) is 7.31. The Balaban J connectivity index is 1.69. The number of aryl methyl sites for hydroxylation is 1. The Hall–Kier alpha value is -3.06. The van der Waals surface area contributed by atoms with Crippen LogP contribution in [0.25, 0.3) is 5.00 Å². The van der Waals surface area contributed by atoms with Crippen LogP contribution >= 0.6 is 11.3 Å². The molecule has 1 N–H and O–H groups in total. The van der Waals surface area contributed by atoms with Gasteiger partial charge in [-0.25, -0.2) is 4.79 Å². The van der Waals surface area contributed by atoms with Crippen molar-refractivity contribution in [2.24, 2.45) is 0 Å². The molecule has 3 aromatic rings. The van der Waals surface area contributed by atoms with Crippen molar-refractivity contribution in [2.45, 2.75) is 20.8 Å². The van der Waals surface area contributed by atoms with Gasteiger partial charge in [0.15, 0.2) is 6.61 Å². The first kappa shape index (κ1) is 19.7. The van der Waals surface area contributed by atoms with Crippen LogP contribution in [-0.2, 0) is 9.53 Å². The molecule has 0 saturated carbocycles. The summed E-state index contributed by atoms with van der Waals surface area (Å²) in [6.07, 6.45) is 3.75. The van der Waals surface area contributed by atoms with Crippen LogP contribution in [0, 0.1) is 13.8 Å². The van der Waals surface area contributed by atoms with E-state index < -0.39 is 11.9 Å². The monoisotopic (exact) mass is 398 g/mol. The second-order valence-electron chi connectivity index (χ2n) is 6.11. The number of thiophene rings is 1. The molecule has 146 valence electrons. The number of rotatable bonds is 7. The van der Waals surface area contributed by atoms with Gasteiger partial charge in [0.1, 0.15) is 10.8 Å². The summed E-state index contributed by atoms with van der Waals surface area (Å²) in [5, 5.41) is 3.50. The number of nitrogens with zero attached hydrogens (tertiary/aromatic N) is 1. The summed E-state index contributed by atoms with van der Waals surface area (Å²) >= 11 is 1.52. The standard InChI is InChI=1S/C21H22N2O4S/c1-4-26-17-10-6-5-9-16(17)22-18(24)13-27-21(25)19-14(2)15(3)28-20(19)23-11-7-8-12-23/h5-12H,4,13H2,1-3H3,(H,22,24). The Bertz CT molecular complexity index is 976. The second kappa shape index (κ2) is 8.75. The Morgan fingerprint density at radius 1 is 1.11 bits per heavy atom. The summed E-state index contributed by atoms with van der Waals surface area (Å²) in [6, 6.07) is 10.9. The average molecular weight is 398 g/mol. The van der Waals surface area contributed by atoms with Crippen molar-refractivity contribution in [3.05, 3.63) is 64.8 Å². The smallest absolute Gasteiger partial charge is 0.341 e. The first-order chi connectivity index (χ1) is 13.5. The lowest BCUT2D eigenvalue weighted by Crippen LogP contribution is -2.22. The molecule has 28 heavy (non-hydrogen) atoms. The lowest BCUT2D eigenvalue weighted by Gasteiger charge is -2.12. The fourth-order valence-corrected chi connectivity index (χ4v) is 3.85. The van der Waals surface area contributed by atoms with E-state index in [9.17, 15) is 9.59 Å². The molecule has 6 nitrogen and oxygen atoms in total. The van der Waals surface area contributed by atoms with E-state index in [0.29, 0.717) is 23.6 Å². The lowest BCUT2D eigenvalue weighted by molar-refractivity contribution is -0.119. The summed E-state index contributed by atoms with van der Waals surface area (Å²) < 4.78 is 12.7. The van der Waals surface area contributed by atoms with Crippen molar-refractivity contribution in [1.82, 2.24) is 4.57 Å². The number of hydrogen-bond acceptors (Lipinski definition) is 5. The van der Waals surface area contributed by atoms with Crippen molar-refractivity contribution < 1.29 is 19.1 Å². The van der Waals surface area contributed by atoms with Gasteiger partial charge in [-0.05, 0) is 50.6 Å². The van der Waals surface area contributed by atoms with Crippen LogP contribution in [0.3, 0.4) is 0 Å². The molecule has 0 aliphatic heterocycles. The Kier molecular flexibility index (Phi) is 6.16. The van der Waals surface area contributed by atoms with Gasteiger partial charge in [-0.1, -0.05) is 12.1 Å². The molecule has 0 fully saturated rings. The Morgan fingerprint density at radius 3 is 2.54 bits per heavy atom. The van der Waals surface area contributed by atoms with E-state index in [1.165, 1.54) is 11.3 Å². The minimum atomic E-state index is -0.515. The predicted molar refractivity (Wildman–Crippen MR) is 110 cm³/mol. The topological polar surface area (TPSA) is 69.6 Å². The normalized spacial score (nSPS) is 10.5. The first-order valence-corrected chi connectivity index (χ1v) is 9.75. The van der Waals surface area contributed by atoms with Gasteiger partial charge in [0.2, 0.25) is 0 Å². The number of aromatic nitrogens is 1. The number of benzene rings is 1. The summed E-state index contributed by atoms with van der Waals surface area (Å²) in [7, 11) is 0. The molecule has 0 radical (unpaired) electrons. The van der Waals surface area contributed by atoms with Crippen molar-refractivity contribution in [3.8, 4) is 10.8 Å². The third-order valence-electron chi connectivity index (χ3n) is 4.21. The van der Waals surface area contributed by atoms with Gasteiger partial charge in [0.25, 0.3) is 5.91 Å². The third-order valence-corrected chi connectivity index (χ3v) is 5.43. The van der Waals surface area contributed by atoms with E-state index in [1.807, 2.05) is 55.9 Å². The highest BCUT2D eigenvalue weighted by Crippen LogP contribution is 2.31. The molecule has 2 heterocycles. The van der Waals surface area contributed by atoms with Crippen molar-refractivity contribution in [1.29, 1.82) is 0 Å². The summed E-state index contributed by atoms with van der Waals surface area (Å²) in [6.45, 7) is 5.82. The number of carbonyl (C=O) groups is 2. The van der Waals surface area contributed by atoms with Gasteiger partial charge in [0.05, 0.1) is 17.9 Å². The zero-order chi connectivity index (χ0) is 20.1. The maximum Gasteiger partial charge on any atom is 0.341 e. The van der Waals surface area contributed by atoms with Gasteiger partial charge in [-0.15, -0.1) is 11.3 Å². The average Bonchev–Trinajstić information content (AvgIpc) is 3.30. The maximum absolute atomic E-state index is 12.7. The molecular weight excluding hydrogens is 376 g/mol. The number of amides is 1. The molecule has 1 amide bonds. The van der Waals surface area contributed by atoms with Crippen molar-refractivity contribution in [2.75, 3.05) is 18.5 Å². The molecule has 7 heteroatoms. The number of anilines is 1. The number of nitrogens with one attached hydrogen (secondary N) is 1. The zero-order valence-corrected chi connectivity index (χ0v) is 16.8. The number of carbonyl (C=O) groups excluding carboxylic acids is 2. The van der Waals surface area contributed by atoms with Crippen molar-refractivity contribution >= 4 is 28.9 Å². The first-order valence-electron chi connectivity index (χ1n) is 8.93. The van der Waals surface area contributed by atoms with E-state index in [-0.39, 0.29) is 6.61 Å². The van der Waals surface area contributed by atoms with Gasteiger partial charge in [-0.3, -0.25) is 4.79 Å². The highest BCUT2D eigenvalue weighted by Gasteiger charge is 2.22. The minimum Gasteiger partial charge on any atom is -0.492 e. The molecule has 0 bridgehead atoms. The minimum absolute atomic E-state index is 0.376. The van der Waals surface area contributed by atoms with Crippen LogP contribution in [0.15, 0.2) is 48.8 Å². The largest absolute Gasteiger partial charge is 0.492 e. The van der Waals surface area contributed by atoms with E-state index in [2.05, 4.69) is 5.32 Å². The number of para-hydroxylation sites is 2. The number of hydrogen-bond donors (Lipinski definition) is 1. The van der Waals surface area contributed by atoms with E-state index in [4.69, 9.17) is 9.47 Å². The Morgan fingerprint density at radius 2 is 1.82 bits per heavy atom. The summed E-state index contributed by atoms with van der Waals surface area (Å²) in [5.74, 6) is -0.365.